The van der Waals surface area contributed by atoms with E-state index in [1.165, 1.54) is 6.26 Å². The first-order valence-electron chi connectivity index (χ1n) is 6.25. The highest BCUT2D eigenvalue weighted by Crippen LogP contribution is 2.25. The van der Waals surface area contributed by atoms with Crippen molar-refractivity contribution >= 4 is 16.9 Å². The predicted molar refractivity (Wildman–Crippen MR) is 72.6 cm³/mol. The highest BCUT2D eigenvalue weighted by Gasteiger charge is 2.09. The molecule has 0 bridgehead atoms. The molecule has 3 aromatic rings. The second-order valence-electron chi connectivity index (χ2n) is 4.42. The van der Waals surface area contributed by atoms with E-state index in [1.807, 2.05) is 0 Å². The standard InChI is InChI=1S/C15H13NO4/c17-11-3-4-13-12(8-11)10(9-20-13)5-6-16-15(18)14-2-1-7-19-14/h1-4,7-9,17H,5-6H2,(H,16,18). The van der Waals surface area contributed by atoms with Gasteiger partial charge in [-0.2, -0.15) is 0 Å². The average Bonchev–Trinajstić information content (AvgIpc) is 3.08. The van der Waals surface area contributed by atoms with E-state index in [1.54, 1.807) is 36.6 Å². The summed E-state index contributed by atoms with van der Waals surface area (Å²) in [4.78, 5) is 11.7. The van der Waals surface area contributed by atoms with Gasteiger partial charge in [-0.25, -0.2) is 0 Å². The van der Waals surface area contributed by atoms with Crippen LogP contribution >= 0.6 is 0 Å². The quantitative estimate of drug-likeness (QED) is 0.765. The number of rotatable bonds is 4. The van der Waals surface area contributed by atoms with Crippen LogP contribution in [0.15, 0.2) is 51.7 Å². The summed E-state index contributed by atoms with van der Waals surface area (Å²) < 4.78 is 10.4. The van der Waals surface area contributed by atoms with Crippen molar-refractivity contribution in [3.63, 3.8) is 0 Å². The Morgan fingerprint density at radius 2 is 2.15 bits per heavy atom. The minimum absolute atomic E-state index is 0.194. The van der Waals surface area contributed by atoms with Gasteiger partial charge in [0.25, 0.3) is 5.91 Å². The highest BCUT2D eigenvalue weighted by molar-refractivity contribution is 5.91. The summed E-state index contributed by atoms with van der Waals surface area (Å²) in [6.45, 7) is 0.462. The molecular formula is C15H13NO4. The molecule has 0 saturated heterocycles. The Kier molecular flexibility index (Phi) is 3.16. The summed E-state index contributed by atoms with van der Waals surface area (Å²) in [6.07, 6.45) is 3.72. The lowest BCUT2D eigenvalue weighted by molar-refractivity contribution is 0.0926. The zero-order valence-corrected chi connectivity index (χ0v) is 10.6. The third kappa shape index (κ3) is 2.38. The van der Waals surface area contributed by atoms with E-state index in [9.17, 15) is 9.90 Å². The zero-order chi connectivity index (χ0) is 13.9. The molecule has 0 aliphatic heterocycles. The number of aromatic hydroxyl groups is 1. The molecule has 1 aromatic carbocycles. The summed E-state index contributed by atoms with van der Waals surface area (Å²) in [5, 5.41) is 13.1. The second-order valence-corrected chi connectivity index (χ2v) is 4.42. The largest absolute Gasteiger partial charge is 0.508 e. The number of carbonyl (C=O) groups excluding carboxylic acids is 1. The number of phenolic OH excluding ortho intramolecular Hbond substituents is 1. The van der Waals surface area contributed by atoms with Gasteiger partial charge >= 0.3 is 0 Å². The number of nitrogens with one attached hydrogen (secondary N) is 1. The van der Waals surface area contributed by atoms with Crippen molar-refractivity contribution in [2.45, 2.75) is 6.42 Å². The van der Waals surface area contributed by atoms with E-state index in [4.69, 9.17) is 8.83 Å². The molecule has 5 nitrogen and oxygen atoms in total. The van der Waals surface area contributed by atoms with Crippen LogP contribution in [0.2, 0.25) is 0 Å². The third-order valence-corrected chi connectivity index (χ3v) is 3.06. The molecular weight excluding hydrogens is 258 g/mol. The number of hydrogen-bond acceptors (Lipinski definition) is 4. The molecule has 0 unspecified atom stereocenters. The van der Waals surface area contributed by atoms with Crippen molar-refractivity contribution in [3.05, 3.63) is 54.2 Å². The first-order valence-corrected chi connectivity index (χ1v) is 6.25. The monoisotopic (exact) mass is 271 g/mol. The number of carbonyl (C=O) groups is 1. The topological polar surface area (TPSA) is 75.6 Å². The van der Waals surface area contributed by atoms with E-state index < -0.39 is 0 Å². The number of furan rings is 2. The molecule has 0 spiro atoms. The van der Waals surface area contributed by atoms with Gasteiger partial charge in [-0.05, 0) is 36.8 Å². The average molecular weight is 271 g/mol. The van der Waals surface area contributed by atoms with E-state index in [2.05, 4.69) is 5.32 Å². The molecule has 0 fully saturated rings. The molecule has 3 rings (SSSR count). The summed E-state index contributed by atoms with van der Waals surface area (Å²) in [7, 11) is 0. The van der Waals surface area contributed by atoms with E-state index >= 15 is 0 Å². The van der Waals surface area contributed by atoms with Crippen LogP contribution in [-0.4, -0.2) is 17.6 Å². The molecule has 0 radical (unpaired) electrons. The Labute approximate surface area is 114 Å². The molecule has 20 heavy (non-hydrogen) atoms. The molecule has 2 aromatic heterocycles. The van der Waals surface area contributed by atoms with Gasteiger partial charge in [0.05, 0.1) is 12.5 Å². The normalized spacial score (nSPS) is 10.8. The van der Waals surface area contributed by atoms with Crippen molar-refractivity contribution in [2.75, 3.05) is 6.54 Å². The summed E-state index contributed by atoms with van der Waals surface area (Å²) >= 11 is 0. The van der Waals surface area contributed by atoms with Gasteiger partial charge in [-0.3, -0.25) is 4.79 Å². The summed E-state index contributed by atoms with van der Waals surface area (Å²) in [6, 6.07) is 8.23. The molecule has 102 valence electrons. The van der Waals surface area contributed by atoms with Crippen LogP contribution in [0.4, 0.5) is 0 Å². The minimum Gasteiger partial charge on any atom is -0.508 e. The van der Waals surface area contributed by atoms with Crippen LogP contribution in [0.1, 0.15) is 16.1 Å². The van der Waals surface area contributed by atoms with Gasteiger partial charge in [0, 0.05) is 17.5 Å². The Bertz CT molecular complexity index is 728. The molecule has 2 N–H and O–H groups in total. The van der Waals surface area contributed by atoms with Crippen LogP contribution < -0.4 is 5.32 Å². The molecule has 2 heterocycles. The maximum atomic E-state index is 11.7. The molecule has 0 saturated carbocycles. The van der Waals surface area contributed by atoms with Crippen LogP contribution in [-0.2, 0) is 6.42 Å². The van der Waals surface area contributed by atoms with Gasteiger partial charge in [-0.15, -0.1) is 0 Å². The lowest BCUT2D eigenvalue weighted by Gasteiger charge is -2.02. The van der Waals surface area contributed by atoms with Crippen LogP contribution in [0.5, 0.6) is 5.75 Å². The molecule has 5 heteroatoms. The van der Waals surface area contributed by atoms with E-state index in [0.29, 0.717) is 18.7 Å². The molecule has 0 atom stereocenters. The zero-order valence-electron chi connectivity index (χ0n) is 10.6. The first-order chi connectivity index (χ1) is 9.74. The Morgan fingerprint density at radius 1 is 1.25 bits per heavy atom. The number of fused-ring (bicyclic) bond motifs is 1. The Hall–Kier alpha value is -2.69. The Balaban J connectivity index is 1.65. The smallest absolute Gasteiger partial charge is 0.286 e. The summed E-state index contributed by atoms with van der Waals surface area (Å²) in [5.41, 5.74) is 1.66. The molecule has 0 aliphatic rings. The fraction of sp³-hybridized carbons (Fsp3) is 0.133. The van der Waals surface area contributed by atoms with Gasteiger partial charge < -0.3 is 19.3 Å². The first kappa shape index (κ1) is 12.3. The lowest BCUT2D eigenvalue weighted by atomic mass is 10.1. The van der Waals surface area contributed by atoms with E-state index in [0.717, 1.165) is 16.5 Å². The Morgan fingerprint density at radius 3 is 2.95 bits per heavy atom. The third-order valence-electron chi connectivity index (χ3n) is 3.06. The van der Waals surface area contributed by atoms with Crippen LogP contribution in [0, 0.1) is 0 Å². The van der Waals surface area contributed by atoms with Gasteiger partial charge in [-0.1, -0.05) is 0 Å². The number of benzene rings is 1. The van der Waals surface area contributed by atoms with Gasteiger partial charge in [0.15, 0.2) is 5.76 Å². The van der Waals surface area contributed by atoms with Crippen molar-refractivity contribution in [2.24, 2.45) is 0 Å². The van der Waals surface area contributed by atoms with Gasteiger partial charge in [0.1, 0.15) is 11.3 Å². The van der Waals surface area contributed by atoms with Crippen molar-refractivity contribution in [1.29, 1.82) is 0 Å². The molecule has 0 aliphatic carbocycles. The predicted octanol–water partition coefficient (Wildman–Crippen LogP) is 2.70. The number of amides is 1. The number of phenols is 1. The highest BCUT2D eigenvalue weighted by atomic mass is 16.3. The van der Waals surface area contributed by atoms with Crippen molar-refractivity contribution < 1.29 is 18.7 Å². The number of hydrogen-bond donors (Lipinski definition) is 2. The molecule has 1 amide bonds. The SMILES string of the molecule is O=C(NCCc1coc2ccc(O)cc12)c1ccco1. The van der Waals surface area contributed by atoms with E-state index in [-0.39, 0.29) is 11.7 Å². The van der Waals surface area contributed by atoms with Crippen molar-refractivity contribution in [3.8, 4) is 5.75 Å². The summed E-state index contributed by atoms with van der Waals surface area (Å²) in [5.74, 6) is 0.241. The fourth-order valence-electron chi connectivity index (χ4n) is 2.07. The maximum absolute atomic E-state index is 11.7. The van der Waals surface area contributed by atoms with Crippen LogP contribution in [0.3, 0.4) is 0 Å². The fourth-order valence-corrected chi connectivity index (χ4v) is 2.07. The lowest BCUT2D eigenvalue weighted by Crippen LogP contribution is -2.25. The minimum atomic E-state index is -0.245. The second kappa shape index (κ2) is 5.13. The van der Waals surface area contributed by atoms with Gasteiger partial charge in [0.2, 0.25) is 0 Å². The van der Waals surface area contributed by atoms with Crippen LogP contribution in [0.25, 0.3) is 11.0 Å². The maximum Gasteiger partial charge on any atom is 0.286 e. The van der Waals surface area contributed by atoms with Crippen molar-refractivity contribution in [1.82, 2.24) is 5.32 Å².